The van der Waals surface area contributed by atoms with Crippen molar-refractivity contribution in [2.24, 2.45) is 0 Å². The predicted molar refractivity (Wildman–Crippen MR) is 49.7 cm³/mol. The minimum Gasteiger partial charge on any atom is -0.317 e. The second-order valence-electron chi connectivity index (χ2n) is 5.17. The summed E-state index contributed by atoms with van der Waals surface area (Å²) in [6, 6.07) is 0.0633. The van der Waals surface area contributed by atoms with E-state index in [0.29, 0.717) is 0 Å². The van der Waals surface area contributed by atoms with Crippen LogP contribution in [-0.2, 0) is 0 Å². The highest BCUT2D eigenvalue weighted by Crippen LogP contribution is 2.36. The van der Waals surface area contributed by atoms with Crippen LogP contribution >= 0.6 is 0 Å². The number of nitrogens with zero attached hydrogens (tertiary/aromatic N) is 1. The Labute approximate surface area is 79.5 Å². The fourth-order valence-corrected chi connectivity index (χ4v) is 2.36. The number of rotatable bonds is 1. The van der Waals surface area contributed by atoms with Crippen LogP contribution in [-0.4, -0.2) is 32.6 Å². The van der Waals surface area contributed by atoms with Gasteiger partial charge in [0.25, 0.3) is 0 Å². The maximum Gasteiger partial charge on any atom is 0.0426 e. The molecule has 3 N–H and O–H groups in total. The van der Waals surface area contributed by atoms with E-state index >= 15 is 0 Å². The average molecular weight is 188 g/mol. The van der Waals surface area contributed by atoms with Crippen LogP contribution in [0.5, 0.6) is 0 Å². The third-order valence-electron chi connectivity index (χ3n) is 2.82. The van der Waals surface area contributed by atoms with Crippen molar-refractivity contribution < 1.29 is 10.4 Å². The number of nitrogens with one attached hydrogen (secondary N) is 1. The molecule has 0 aromatic heterocycles. The van der Waals surface area contributed by atoms with Gasteiger partial charge in [-0.3, -0.25) is 0 Å². The van der Waals surface area contributed by atoms with Crippen LogP contribution in [0.25, 0.3) is 0 Å². The molecule has 4 nitrogen and oxygen atoms in total. The van der Waals surface area contributed by atoms with Crippen LogP contribution in [0.2, 0.25) is 0 Å². The number of piperidine rings is 1. The van der Waals surface area contributed by atoms with E-state index in [1.54, 1.807) is 0 Å². The van der Waals surface area contributed by atoms with E-state index in [9.17, 15) is 5.21 Å². The molecule has 1 saturated heterocycles. The van der Waals surface area contributed by atoms with E-state index in [2.05, 4.69) is 5.48 Å². The molecule has 13 heavy (non-hydrogen) atoms. The third-order valence-corrected chi connectivity index (χ3v) is 2.82. The molecule has 0 aliphatic carbocycles. The van der Waals surface area contributed by atoms with Gasteiger partial charge in [-0.2, -0.15) is 5.06 Å². The van der Waals surface area contributed by atoms with Crippen LogP contribution in [0.3, 0.4) is 0 Å². The highest BCUT2D eigenvalue weighted by molar-refractivity contribution is 4.97. The molecule has 0 aromatic rings. The summed E-state index contributed by atoms with van der Waals surface area (Å²) in [5, 5.41) is 20.2. The van der Waals surface area contributed by atoms with Gasteiger partial charge in [0.05, 0.1) is 0 Å². The summed E-state index contributed by atoms with van der Waals surface area (Å²) in [6.45, 7) is 7.88. The Morgan fingerprint density at radius 1 is 1.15 bits per heavy atom. The summed E-state index contributed by atoms with van der Waals surface area (Å²) in [6.07, 6.45) is 1.48. The smallest absolute Gasteiger partial charge is 0.0426 e. The largest absolute Gasteiger partial charge is 0.317 e. The topological polar surface area (TPSA) is 55.7 Å². The molecule has 0 unspecified atom stereocenters. The van der Waals surface area contributed by atoms with E-state index in [0.717, 1.165) is 12.8 Å². The second-order valence-corrected chi connectivity index (χ2v) is 5.17. The fourth-order valence-electron chi connectivity index (χ4n) is 2.36. The number of hydroxylamine groups is 3. The summed E-state index contributed by atoms with van der Waals surface area (Å²) in [7, 11) is 0. The molecule has 0 spiro atoms. The number of hydrogen-bond acceptors (Lipinski definition) is 4. The molecule has 4 heteroatoms. The normalized spacial score (nSPS) is 29.1. The number of hydrogen-bond donors (Lipinski definition) is 3. The maximum atomic E-state index is 9.90. The van der Waals surface area contributed by atoms with Gasteiger partial charge in [-0.1, -0.05) is 0 Å². The molecule has 0 atom stereocenters. The molecular weight excluding hydrogens is 168 g/mol. The first-order valence-electron chi connectivity index (χ1n) is 4.68. The predicted octanol–water partition coefficient (Wildman–Crippen LogP) is 1.38. The zero-order chi connectivity index (χ0) is 10.3. The first kappa shape index (κ1) is 10.9. The second kappa shape index (κ2) is 3.20. The lowest BCUT2D eigenvalue weighted by molar-refractivity contribution is -0.250. The fraction of sp³-hybridized carbons (Fsp3) is 1.00. The van der Waals surface area contributed by atoms with E-state index in [1.807, 2.05) is 27.7 Å². The molecule has 0 radical (unpaired) electrons. The highest BCUT2D eigenvalue weighted by Gasteiger charge is 2.44. The van der Waals surface area contributed by atoms with Gasteiger partial charge in [-0.15, -0.1) is 0 Å². The molecule has 0 saturated carbocycles. The van der Waals surface area contributed by atoms with Gasteiger partial charge in [0, 0.05) is 17.1 Å². The highest BCUT2D eigenvalue weighted by atomic mass is 16.5. The molecule has 1 fully saturated rings. The Morgan fingerprint density at radius 2 is 1.54 bits per heavy atom. The van der Waals surface area contributed by atoms with Gasteiger partial charge >= 0.3 is 0 Å². The summed E-state index contributed by atoms with van der Waals surface area (Å²) in [5.41, 5.74) is 1.72. The molecule has 1 rings (SSSR count). The standard InChI is InChI=1S/C9H20N2O2/c1-8(2)5-7(10-12)6-9(3,4)11(8)13/h7,10,12-13H,5-6H2,1-4H3. The van der Waals surface area contributed by atoms with Crippen molar-refractivity contribution in [3.05, 3.63) is 0 Å². The van der Waals surface area contributed by atoms with Crippen molar-refractivity contribution in [3.63, 3.8) is 0 Å². The minimum absolute atomic E-state index is 0.0633. The molecule has 0 aromatic carbocycles. The summed E-state index contributed by atoms with van der Waals surface area (Å²) < 4.78 is 0. The lowest BCUT2D eigenvalue weighted by atomic mass is 9.79. The molecule has 1 heterocycles. The molecule has 1 aliphatic heterocycles. The summed E-state index contributed by atoms with van der Waals surface area (Å²) >= 11 is 0. The van der Waals surface area contributed by atoms with Gasteiger partial charge in [-0.25, -0.2) is 5.48 Å². The van der Waals surface area contributed by atoms with Crippen LogP contribution in [0.15, 0.2) is 0 Å². The van der Waals surface area contributed by atoms with E-state index in [4.69, 9.17) is 5.21 Å². The molecule has 0 bridgehead atoms. The van der Waals surface area contributed by atoms with Crippen molar-refractivity contribution >= 4 is 0 Å². The van der Waals surface area contributed by atoms with Crippen molar-refractivity contribution in [3.8, 4) is 0 Å². The Bertz CT molecular complexity index is 174. The van der Waals surface area contributed by atoms with Crippen LogP contribution in [0.1, 0.15) is 40.5 Å². The Balaban J connectivity index is 2.82. The van der Waals surface area contributed by atoms with Gasteiger partial charge in [0.2, 0.25) is 0 Å². The van der Waals surface area contributed by atoms with E-state index in [1.165, 1.54) is 5.06 Å². The molecule has 0 amide bonds. The Morgan fingerprint density at radius 3 is 1.85 bits per heavy atom. The first-order chi connectivity index (χ1) is 5.79. The molecule has 1 aliphatic rings. The summed E-state index contributed by atoms with van der Waals surface area (Å²) in [5.74, 6) is 0. The summed E-state index contributed by atoms with van der Waals surface area (Å²) in [4.78, 5) is 0. The lowest BCUT2D eigenvalue weighted by Gasteiger charge is -2.51. The van der Waals surface area contributed by atoms with Crippen LogP contribution < -0.4 is 5.48 Å². The Hall–Kier alpha value is -0.160. The quantitative estimate of drug-likeness (QED) is 0.544. The third kappa shape index (κ3) is 2.02. The van der Waals surface area contributed by atoms with E-state index < -0.39 is 0 Å². The van der Waals surface area contributed by atoms with Crippen LogP contribution in [0, 0.1) is 0 Å². The van der Waals surface area contributed by atoms with Gasteiger partial charge in [0.15, 0.2) is 0 Å². The van der Waals surface area contributed by atoms with Crippen LogP contribution in [0.4, 0.5) is 0 Å². The minimum atomic E-state index is -0.290. The lowest BCUT2D eigenvalue weighted by Crippen LogP contribution is -2.62. The van der Waals surface area contributed by atoms with Crippen molar-refractivity contribution in [2.75, 3.05) is 0 Å². The first-order valence-corrected chi connectivity index (χ1v) is 4.68. The molecule has 78 valence electrons. The van der Waals surface area contributed by atoms with Gasteiger partial charge < -0.3 is 10.4 Å². The van der Waals surface area contributed by atoms with Crippen molar-refractivity contribution in [2.45, 2.75) is 57.7 Å². The SMILES string of the molecule is CC1(C)CC(NO)CC(C)(C)N1O. The van der Waals surface area contributed by atoms with Crippen molar-refractivity contribution in [1.29, 1.82) is 0 Å². The zero-order valence-corrected chi connectivity index (χ0v) is 8.83. The Kier molecular flexibility index (Phi) is 2.69. The van der Waals surface area contributed by atoms with E-state index in [-0.39, 0.29) is 17.1 Å². The van der Waals surface area contributed by atoms with Gasteiger partial charge in [0.1, 0.15) is 0 Å². The average Bonchev–Trinajstić information content (AvgIpc) is 1.99. The van der Waals surface area contributed by atoms with Gasteiger partial charge in [-0.05, 0) is 40.5 Å². The zero-order valence-electron chi connectivity index (χ0n) is 8.83. The maximum absolute atomic E-state index is 9.90. The monoisotopic (exact) mass is 188 g/mol. The molecular formula is C9H20N2O2. The van der Waals surface area contributed by atoms with Crippen molar-refractivity contribution in [1.82, 2.24) is 10.5 Å².